The molecule has 0 aliphatic heterocycles. The average molecular weight is 252 g/mol. The summed E-state index contributed by atoms with van der Waals surface area (Å²) in [6.45, 7) is -1.71. The van der Waals surface area contributed by atoms with E-state index in [4.69, 9.17) is 0 Å². The van der Waals surface area contributed by atoms with Gasteiger partial charge in [0.25, 0.3) is 0 Å². The first kappa shape index (κ1) is 13.4. The molecular weight excluding hydrogens is 244 g/mol. The van der Waals surface area contributed by atoms with Gasteiger partial charge in [0.2, 0.25) is 5.82 Å². The summed E-state index contributed by atoms with van der Waals surface area (Å²) in [7, 11) is 0. The largest absolute Gasteiger partial charge is 0.401 e. The molecule has 0 saturated heterocycles. The molecule has 0 fully saturated rings. The van der Waals surface area contributed by atoms with Crippen LogP contribution in [0.4, 0.5) is 23.2 Å². The number of nitrogens with zero attached hydrogens (tertiary/aromatic N) is 1. The summed E-state index contributed by atoms with van der Waals surface area (Å²) in [5.41, 5.74) is -0.931. The molecule has 1 N–H and O–H groups in total. The lowest BCUT2D eigenvalue weighted by Crippen LogP contribution is -2.28. The van der Waals surface area contributed by atoms with Crippen molar-refractivity contribution in [3.63, 3.8) is 0 Å². The average Bonchev–Trinajstić information content (AvgIpc) is 2.18. The van der Waals surface area contributed by atoms with Crippen molar-refractivity contribution in [3.8, 4) is 0 Å². The van der Waals surface area contributed by atoms with Gasteiger partial charge in [-0.1, -0.05) is 12.1 Å². The lowest BCUT2D eigenvalue weighted by atomic mass is 10.2. The molecule has 8 heteroatoms. The number of nitro benzene ring substituents is 1. The lowest BCUT2D eigenvalue weighted by molar-refractivity contribution is -0.387. The second-order valence-electron chi connectivity index (χ2n) is 3.23. The molecule has 0 radical (unpaired) electrons. The maximum atomic E-state index is 13.4. The zero-order valence-corrected chi connectivity index (χ0v) is 8.42. The molecule has 1 rings (SSSR count). The van der Waals surface area contributed by atoms with Crippen LogP contribution in [0.15, 0.2) is 18.2 Å². The molecule has 0 bridgehead atoms. The predicted octanol–water partition coefficient (Wildman–Crippen LogP) is 2.39. The monoisotopic (exact) mass is 252 g/mol. The van der Waals surface area contributed by atoms with Crippen molar-refractivity contribution in [1.82, 2.24) is 5.32 Å². The molecule has 94 valence electrons. The molecule has 0 aliphatic carbocycles. The number of nitro groups is 1. The Balaban J connectivity index is 2.72. The highest BCUT2D eigenvalue weighted by Crippen LogP contribution is 2.20. The van der Waals surface area contributed by atoms with Crippen LogP contribution >= 0.6 is 0 Å². The first-order valence-electron chi connectivity index (χ1n) is 4.50. The topological polar surface area (TPSA) is 55.2 Å². The van der Waals surface area contributed by atoms with E-state index in [0.29, 0.717) is 0 Å². The number of benzene rings is 1. The highest BCUT2D eigenvalue weighted by Gasteiger charge is 2.26. The van der Waals surface area contributed by atoms with Crippen LogP contribution in [0.2, 0.25) is 0 Å². The second-order valence-corrected chi connectivity index (χ2v) is 3.23. The van der Waals surface area contributed by atoms with Crippen molar-refractivity contribution in [2.24, 2.45) is 0 Å². The van der Waals surface area contributed by atoms with Crippen LogP contribution in [0.5, 0.6) is 0 Å². The first-order chi connectivity index (χ1) is 7.81. The summed E-state index contributed by atoms with van der Waals surface area (Å²) in [6, 6.07) is 3.35. The fourth-order valence-corrected chi connectivity index (χ4v) is 1.18. The van der Waals surface area contributed by atoms with Gasteiger partial charge in [-0.15, -0.1) is 0 Å². The summed E-state index contributed by atoms with van der Waals surface area (Å²) in [5.74, 6) is -1.12. The van der Waals surface area contributed by atoms with Gasteiger partial charge in [0, 0.05) is 18.2 Å². The summed E-state index contributed by atoms with van der Waals surface area (Å²) < 4.78 is 48.8. The molecule has 1 aromatic carbocycles. The minimum Gasteiger partial charge on any atom is -0.304 e. The fraction of sp³-hybridized carbons (Fsp3) is 0.333. The molecular formula is C9H8F4N2O2. The Morgan fingerprint density at radius 3 is 2.53 bits per heavy atom. The second kappa shape index (κ2) is 5.09. The van der Waals surface area contributed by atoms with E-state index in [-0.39, 0.29) is 5.56 Å². The predicted molar refractivity (Wildman–Crippen MR) is 50.8 cm³/mol. The third-order valence-corrected chi connectivity index (χ3v) is 1.90. The Bertz CT molecular complexity index is 420. The Kier molecular flexibility index (Phi) is 4.00. The Morgan fingerprint density at radius 1 is 1.35 bits per heavy atom. The maximum Gasteiger partial charge on any atom is 0.401 e. The van der Waals surface area contributed by atoms with E-state index >= 15 is 0 Å². The van der Waals surface area contributed by atoms with E-state index in [2.05, 4.69) is 0 Å². The standard InChI is InChI=1S/C9H8F4N2O2/c10-8-6(4-14-5-9(11,12)13)2-1-3-7(8)15(16)17/h1-3,14H,4-5H2. The van der Waals surface area contributed by atoms with E-state index in [9.17, 15) is 27.7 Å². The van der Waals surface area contributed by atoms with Crippen LogP contribution in [0.1, 0.15) is 5.56 Å². The number of rotatable bonds is 4. The lowest BCUT2D eigenvalue weighted by Gasteiger charge is -2.08. The third kappa shape index (κ3) is 3.99. The van der Waals surface area contributed by atoms with Crippen LogP contribution in [-0.4, -0.2) is 17.6 Å². The summed E-state index contributed by atoms with van der Waals surface area (Å²) >= 11 is 0. The van der Waals surface area contributed by atoms with Gasteiger partial charge in [0.05, 0.1) is 11.5 Å². The summed E-state index contributed by atoms with van der Waals surface area (Å²) in [4.78, 5) is 9.44. The number of halogens is 4. The van der Waals surface area contributed by atoms with Gasteiger partial charge in [-0.3, -0.25) is 10.1 Å². The van der Waals surface area contributed by atoms with E-state index in [1.54, 1.807) is 0 Å². The Morgan fingerprint density at radius 2 is 2.00 bits per heavy atom. The van der Waals surface area contributed by atoms with Crippen molar-refractivity contribution >= 4 is 5.69 Å². The van der Waals surface area contributed by atoms with Crippen molar-refractivity contribution in [3.05, 3.63) is 39.7 Å². The smallest absolute Gasteiger partial charge is 0.304 e. The summed E-state index contributed by atoms with van der Waals surface area (Å²) in [5, 5.41) is 12.3. The van der Waals surface area contributed by atoms with Crippen molar-refractivity contribution in [1.29, 1.82) is 0 Å². The van der Waals surface area contributed by atoms with E-state index in [1.165, 1.54) is 12.1 Å². The SMILES string of the molecule is O=[N+]([O-])c1cccc(CNCC(F)(F)F)c1F. The van der Waals surface area contributed by atoms with Gasteiger partial charge >= 0.3 is 11.9 Å². The van der Waals surface area contributed by atoms with Gasteiger partial charge in [0.15, 0.2) is 0 Å². The van der Waals surface area contributed by atoms with Crippen LogP contribution in [0.25, 0.3) is 0 Å². The minimum atomic E-state index is -4.41. The number of hydrogen-bond acceptors (Lipinski definition) is 3. The van der Waals surface area contributed by atoms with Gasteiger partial charge in [0.1, 0.15) is 0 Å². The molecule has 0 atom stereocenters. The molecule has 4 nitrogen and oxygen atoms in total. The molecule has 0 aliphatic rings. The number of nitrogens with one attached hydrogen (secondary N) is 1. The molecule has 0 heterocycles. The van der Waals surface area contributed by atoms with Crippen molar-refractivity contribution < 1.29 is 22.5 Å². The molecule has 0 aromatic heterocycles. The van der Waals surface area contributed by atoms with E-state index in [0.717, 1.165) is 6.07 Å². The van der Waals surface area contributed by atoms with Crippen LogP contribution < -0.4 is 5.32 Å². The Hall–Kier alpha value is -1.70. The summed E-state index contributed by atoms with van der Waals surface area (Å²) in [6.07, 6.45) is -4.41. The van der Waals surface area contributed by atoms with Crippen LogP contribution in [0, 0.1) is 15.9 Å². The highest BCUT2D eigenvalue weighted by atomic mass is 19.4. The highest BCUT2D eigenvalue weighted by molar-refractivity contribution is 5.36. The molecule has 0 spiro atoms. The normalized spacial score (nSPS) is 11.5. The quantitative estimate of drug-likeness (QED) is 0.508. The Labute approximate surface area is 93.4 Å². The van der Waals surface area contributed by atoms with E-state index < -0.39 is 35.7 Å². The van der Waals surface area contributed by atoms with Gasteiger partial charge < -0.3 is 5.32 Å². The zero-order chi connectivity index (χ0) is 13.1. The van der Waals surface area contributed by atoms with Gasteiger partial charge in [-0.25, -0.2) is 0 Å². The van der Waals surface area contributed by atoms with Crippen molar-refractivity contribution in [2.75, 3.05) is 6.54 Å². The molecule has 0 unspecified atom stereocenters. The van der Waals surface area contributed by atoms with Crippen LogP contribution in [-0.2, 0) is 6.54 Å². The third-order valence-electron chi connectivity index (χ3n) is 1.90. The van der Waals surface area contributed by atoms with Crippen LogP contribution in [0.3, 0.4) is 0 Å². The minimum absolute atomic E-state index is 0.177. The maximum absolute atomic E-state index is 13.4. The van der Waals surface area contributed by atoms with Gasteiger partial charge in [-0.05, 0) is 0 Å². The molecule has 0 amide bonds. The first-order valence-corrected chi connectivity index (χ1v) is 4.50. The molecule has 17 heavy (non-hydrogen) atoms. The molecule has 0 saturated carbocycles. The van der Waals surface area contributed by atoms with E-state index in [1.807, 2.05) is 5.32 Å². The number of hydrogen-bond donors (Lipinski definition) is 1. The number of alkyl halides is 3. The molecule has 1 aromatic rings. The van der Waals surface area contributed by atoms with Gasteiger partial charge in [-0.2, -0.15) is 17.6 Å². The van der Waals surface area contributed by atoms with Crippen molar-refractivity contribution in [2.45, 2.75) is 12.7 Å². The fourth-order valence-electron chi connectivity index (χ4n) is 1.18. The zero-order valence-electron chi connectivity index (χ0n) is 8.42.